The van der Waals surface area contributed by atoms with Crippen molar-refractivity contribution in [3.05, 3.63) is 28.8 Å². The normalized spacial score (nSPS) is 12.6. The monoisotopic (exact) mass is 295 g/mol. The lowest BCUT2D eigenvalue weighted by molar-refractivity contribution is -0.0501. The van der Waals surface area contributed by atoms with Gasteiger partial charge in [0.15, 0.2) is 5.65 Å². The molecule has 0 unspecified atom stereocenters. The lowest BCUT2D eigenvalue weighted by Crippen LogP contribution is -2.28. The van der Waals surface area contributed by atoms with Gasteiger partial charge in [-0.15, -0.1) is 0 Å². The van der Waals surface area contributed by atoms with Gasteiger partial charge in [0.2, 0.25) is 5.88 Å². The van der Waals surface area contributed by atoms with E-state index in [1.54, 1.807) is 0 Å². The number of alkyl halides is 3. The molecular weight excluding hydrogens is 291 g/mol. The topological polar surface area (TPSA) is 102 Å². The molecule has 0 saturated heterocycles. The van der Waals surface area contributed by atoms with Crippen LogP contribution in [-0.2, 0) is 10.1 Å². The first-order valence-corrected chi connectivity index (χ1v) is 5.97. The third-order valence-electron chi connectivity index (χ3n) is 1.96. The number of aromatic amines is 1. The second kappa shape index (κ2) is 4.19. The Kier molecular flexibility index (Phi) is 2.92. The zero-order chi connectivity index (χ0) is 14.3. The van der Waals surface area contributed by atoms with Gasteiger partial charge in [-0.1, -0.05) is 0 Å². The summed E-state index contributed by atoms with van der Waals surface area (Å²) in [6.45, 7) is 0. The Hall–Kier alpha value is -2.17. The van der Waals surface area contributed by atoms with Crippen LogP contribution in [0.3, 0.4) is 0 Å². The predicted octanol–water partition coefficient (Wildman–Crippen LogP) is 0.546. The van der Waals surface area contributed by atoms with Crippen LogP contribution in [0.2, 0.25) is 0 Å². The van der Waals surface area contributed by atoms with E-state index in [1.807, 2.05) is 0 Å². The van der Waals surface area contributed by atoms with Gasteiger partial charge in [-0.2, -0.15) is 26.6 Å². The summed E-state index contributed by atoms with van der Waals surface area (Å²) in [5.74, 6) is -0.831. The number of halogens is 3. The van der Waals surface area contributed by atoms with E-state index in [1.165, 1.54) is 0 Å². The summed E-state index contributed by atoms with van der Waals surface area (Å²) in [5.41, 5.74) is -6.37. The molecule has 0 spiro atoms. The van der Waals surface area contributed by atoms with E-state index < -0.39 is 27.1 Å². The van der Waals surface area contributed by atoms with Gasteiger partial charge >= 0.3 is 15.6 Å². The van der Waals surface area contributed by atoms with Gasteiger partial charge in [0.25, 0.3) is 5.56 Å². The second-order valence-electron chi connectivity index (χ2n) is 3.24. The Labute approximate surface area is 103 Å². The quantitative estimate of drug-likeness (QED) is 0.641. The van der Waals surface area contributed by atoms with Crippen molar-refractivity contribution in [3.8, 4) is 5.88 Å². The molecule has 0 aliphatic carbocycles. The number of rotatable bonds is 2. The minimum Gasteiger partial charge on any atom is -0.355 e. The maximum absolute atomic E-state index is 12.1. The molecule has 0 aliphatic heterocycles. The standard InChI is InChI=1S/C8H4F3N3O4S/c9-8(10,11)19(16,17)18-5-2-1-4-6(14-5)12-3-13-7(4)15/h1-3H,(H,12,13,14,15). The fraction of sp³-hybridized carbons (Fsp3) is 0.125. The van der Waals surface area contributed by atoms with Gasteiger partial charge in [-0.25, -0.2) is 4.98 Å². The van der Waals surface area contributed by atoms with Gasteiger partial charge in [-0.05, 0) is 6.07 Å². The Morgan fingerprint density at radius 1 is 1.26 bits per heavy atom. The van der Waals surface area contributed by atoms with Gasteiger partial charge < -0.3 is 9.17 Å². The Morgan fingerprint density at radius 2 is 1.95 bits per heavy atom. The van der Waals surface area contributed by atoms with Gasteiger partial charge in [0.1, 0.15) is 0 Å². The van der Waals surface area contributed by atoms with Crippen LogP contribution in [0, 0.1) is 0 Å². The highest BCUT2D eigenvalue weighted by Gasteiger charge is 2.48. The average Bonchev–Trinajstić information content (AvgIpc) is 2.27. The molecule has 0 saturated carbocycles. The fourth-order valence-corrected chi connectivity index (χ4v) is 1.55. The van der Waals surface area contributed by atoms with Crippen LogP contribution in [-0.4, -0.2) is 28.9 Å². The predicted molar refractivity (Wildman–Crippen MR) is 55.8 cm³/mol. The summed E-state index contributed by atoms with van der Waals surface area (Å²) in [5, 5.41) is -0.0146. The summed E-state index contributed by atoms with van der Waals surface area (Å²) in [4.78, 5) is 20.5. The molecule has 102 valence electrons. The summed E-state index contributed by atoms with van der Waals surface area (Å²) in [7, 11) is -5.81. The van der Waals surface area contributed by atoms with Crippen LogP contribution < -0.4 is 9.74 Å². The molecule has 0 atom stereocenters. The van der Waals surface area contributed by atoms with E-state index in [2.05, 4.69) is 19.1 Å². The number of aromatic nitrogens is 3. The number of hydrogen-bond acceptors (Lipinski definition) is 6. The number of nitrogens with zero attached hydrogens (tertiary/aromatic N) is 2. The summed E-state index contributed by atoms with van der Waals surface area (Å²) >= 11 is 0. The molecule has 0 aliphatic rings. The third kappa shape index (κ3) is 2.50. The maximum Gasteiger partial charge on any atom is 0.534 e. The average molecular weight is 295 g/mol. The van der Waals surface area contributed by atoms with E-state index in [0.717, 1.165) is 18.5 Å². The smallest absolute Gasteiger partial charge is 0.355 e. The van der Waals surface area contributed by atoms with Crippen LogP contribution >= 0.6 is 0 Å². The lowest BCUT2D eigenvalue weighted by Gasteiger charge is -2.08. The molecule has 19 heavy (non-hydrogen) atoms. The molecule has 2 rings (SSSR count). The minimum atomic E-state index is -5.81. The molecule has 7 nitrogen and oxygen atoms in total. The molecule has 2 heterocycles. The Morgan fingerprint density at radius 3 is 2.58 bits per heavy atom. The maximum atomic E-state index is 12.1. The summed E-state index contributed by atoms with van der Waals surface area (Å²) < 4.78 is 61.6. The molecule has 0 fully saturated rings. The highest BCUT2D eigenvalue weighted by molar-refractivity contribution is 7.87. The van der Waals surface area contributed by atoms with Crippen molar-refractivity contribution in [1.82, 2.24) is 15.0 Å². The van der Waals surface area contributed by atoms with Gasteiger partial charge in [0, 0.05) is 6.07 Å². The molecule has 2 aromatic rings. The Bertz CT molecular complexity index is 784. The zero-order valence-electron chi connectivity index (χ0n) is 8.80. The SMILES string of the molecule is O=c1[nH]cnc2nc(OS(=O)(=O)C(F)(F)F)ccc12. The van der Waals surface area contributed by atoms with Crippen LogP contribution in [0.5, 0.6) is 5.88 Å². The second-order valence-corrected chi connectivity index (χ2v) is 4.77. The highest BCUT2D eigenvalue weighted by atomic mass is 32.2. The third-order valence-corrected chi connectivity index (χ3v) is 2.91. The molecule has 11 heteroatoms. The zero-order valence-corrected chi connectivity index (χ0v) is 9.62. The van der Waals surface area contributed by atoms with E-state index >= 15 is 0 Å². The first-order valence-electron chi connectivity index (χ1n) is 4.56. The van der Waals surface area contributed by atoms with Crippen molar-refractivity contribution in [1.29, 1.82) is 0 Å². The summed E-state index contributed by atoms with van der Waals surface area (Å²) in [6, 6.07) is 1.87. The molecule has 0 bridgehead atoms. The molecule has 0 radical (unpaired) electrons. The van der Waals surface area contributed by atoms with Crippen LogP contribution in [0.4, 0.5) is 13.2 Å². The number of H-pyrrole nitrogens is 1. The van der Waals surface area contributed by atoms with E-state index in [4.69, 9.17) is 0 Å². The summed E-state index contributed by atoms with van der Waals surface area (Å²) in [6.07, 6.45) is 0.972. The number of nitrogens with one attached hydrogen (secondary N) is 1. The Balaban J connectivity index is 2.47. The van der Waals surface area contributed by atoms with E-state index in [-0.39, 0.29) is 11.0 Å². The first-order chi connectivity index (χ1) is 8.71. The highest BCUT2D eigenvalue weighted by Crippen LogP contribution is 2.26. The van der Waals surface area contributed by atoms with Crippen molar-refractivity contribution in [2.24, 2.45) is 0 Å². The van der Waals surface area contributed by atoms with Crippen molar-refractivity contribution >= 4 is 21.2 Å². The van der Waals surface area contributed by atoms with Crippen molar-refractivity contribution < 1.29 is 25.8 Å². The molecule has 1 N–H and O–H groups in total. The largest absolute Gasteiger partial charge is 0.534 e. The molecule has 0 amide bonds. The van der Waals surface area contributed by atoms with Gasteiger partial charge in [0.05, 0.1) is 11.7 Å². The van der Waals surface area contributed by atoms with E-state index in [0.29, 0.717) is 0 Å². The minimum absolute atomic E-state index is 0.0146. The number of pyridine rings is 1. The lowest BCUT2D eigenvalue weighted by atomic mass is 10.3. The van der Waals surface area contributed by atoms with Crippen LogP contribution in [0.25, 0.3) is 11.0 Å². The molecule has 2 aromatic heterocycles. The van der Waals surface area contributed by atoms with E-state index in [9.17, 15) is 26.4 Å². The molecule has 0 aromatic carbocycles. The van der Waals surface area contributed by atoms with Crippen molar-refractivity contribution in [3.63, 3.8) is 0 Å². The van der Waals surface area contributed by atoms with Crippen molar-refractivity contribution in [2.75, 3.05) is 0 Å². The first kappa shape index (κ1) is 13.3. The van der Waals surface area contributed by atoms with Gasteiger partial charge in [-0.3, -0.25) is 4.79 Å². The van der Waals surface area contributed by atoms with Crippen LogP contribution in [0.15, 0.2) is 23.3 Å². The van der Waals surface area contributed by atoms with Crippen LogP contribution in [0.1, 0.15) is 0 Å². The fourth-order valence-electron chi connectivity index (χ4n) is 1.14. The molecular formula is C8H4F3N3O4S. The van der Waals surface area contributed by atoms with Crippen molar-refractivity contribution in [2.45, 2.75) is 5.51 Å². The number of hydrogen-bond donors (Lipinski definition) is 1. The number of fused-ring (bicyclic) bond motifs is 1.